The fourth-order valence-electron chi connectivity index (χ4n) is 1.49. The molecule has 0 amide bonds. The maximum atomic E-state index is 5.79. The number of ether oxygens (including phenoxy) is 2. The predicted octanol–water partition coefficient (Wildman–Crippen LogP) is 3.44. The summed E-state index contributed by atoms with van der Waals surface area (Å²) in [6.45, 7) is 5.88. The van der Waals surface area contributed by atoms with Crippen LogP contribution >= 0.6 is 27.7 Å². The second kappa shape index (κ2) is 8.67. The van der Waals surface area contributed by atoms with Crippen molar-refractivity contribution in [3.8, 4) is 11.5 Å². The van der Waals surface area contributed by atoms with Crippen LogP contribution in [-0.2, 0) is 6.54 Å². The summed E-state index contributed by atoms with van der Waals surface area (Å²) in [6, 6.07) is 3.92. The number of thioether (sulfide) groups is 1. The van der Waals surface area contributed by atoms with Gasteiger partial charge in [-0.1, -0.05) is 6.92 Å². The summed E-state index contributed by atoms with van der Waals surface area (Å²) in [5.41, 5.74) is 6.68. The predicted molar refractivity (Wildman–Crippen MR) is 81.7 cm³/mol. The van der Waals surface area contributed by atoms with E-state index < -0.39 is 0 Å². The molecule has 0 heterocycles. The molecule has 2 N–H and O–H groups in total. The van der Waals surface area contributed by atoms with Gasteiger partial charge < -0.3 is 15.2 Å². The van der Waals surface area contributed by atoms with E-state index in [2.05, 4.69) is 22.9 Å². The molecule has 1 rings (SSSR count). The van der Waals surface area contributed by atoms with Gasteiger partial charge in [0.05, 0.1) is 17.7 Å². The third-order valence-corrected chi connectivity index (χ3v) is 3.74. The fraction of sp³-hybridized carbons (Fsp3) is 0.538. The Kier molecular flexibility index (Phi) is 7.54. The molecule has 5 heteroatoms. The van der Waals surface area contributed by atoms with Crippen LogP contribution in [0.3, 0.4) is 0 Å². The van der Waals surface area contributed by atoms with Gasteiger partial charge in [-0.15, -0.1) is 0 Å². The highest BCUT2D eigenvalue weighted by molar-refractivity contribution is 9.10. The van der Waals surface area contributed by atoms with Crippen molar-refractivity contribution in [3.05, 3.63) is 22.2 Å². The van der Waals surface area contributed by atoms with Crippen LogP contribution in [0.15, 0.2) is 16.6 Å². The van der Waals surface area contributed by atoms with E-state index >= 15 is 0 Å². The molecule has 0 aliphatic heterocycles. The molecule has 18 heavy (non-hydrogen) atoms. The third-order valence-electron chi connectivity index (χ3n) is 2.28. The first kappa shape index (κ1) is 15.7. The van der Waals surface area contributed by atoms with Gasteiger partial charge >= 0.3 is 0 Å². The summed E-state index contributed by atoms with van der Waals surface area (Å²) in [5, 5.41) is 0. The zero-order chi connectivity index (χ0) is 13.4. The fourth-order valence-corrected chi connectivity index (χ4v) is 2.58. The van der Waals surface area contributed by atoms with Crippen molar-refractivity contribution in [1.82, 2.24) is 0 Å². The van der Waals surface area contributed by atoms with Crippen molar-refractivity contribution >= 4 is 27.7 Å². The zero-order valence-corrected chi connectivity index (χ0v) is 13.3. The van der Waals surface area contributed by atoms with Crippen molar-refractivity contribution < 1.29 is 9.47 Å². The first-order valence-corrected chi connectivity index (χ1v) is 8.03. The molecule has 0 bridgehead atoms. The monoisotopic (exact) mass is 333 g/mol. The smallest absolute Gasteiger partial charge is 0.175 e. The molecule has 3 nitrogen and oxygen atoms in total. The van der Waals surface area contributed by atoms with E-state index in [1.54, 1.807) is 0 Å². The van der Waals surface area contributed by atoms with Crippen LogP contribution < -0.4 is 15.2 Å². The van der Waals surface area contributed by atoms with Gasteiger partial charge in [-0.25, -0.2) is 0 Å². The maximum Gasteiger partial charge on any atom is 0.175 e. The number of nitrogens with two attached hydrogens (primary N) is 1. The normalized spacial score (nSPS) is 10.4. The Hall–Kier alpha value is -0.390. The van der Waals surface area contributed by atoms with E-state index in [0.29, 0.717) is 19.8 Å². The second-order valence-corrected chi connectivity index (χ2v) is 5.84. The minimum absolute atomic E-state index is 0.491. The molecule has 0 aliphatic carbocycles. The quantitative estimate of drug-likeness (QED) is 0.740. The third kappa shape index (κ3) is 4.71. The SMILES string of the molecule is CCOc1cc(CN)cc(Br)c1OCCSCC. The standard InChI is InChI=1S/C13H20BrNO2S/c1-3-16-12-8-10(9-15)7-11(14)13(12)17-5-6-18-4-2/h7-8H,3-6,9,15H2,1-2H3. The van der Waals surface area contributed by atoms with Gasteiger partial charge in [0, 0.05) is 12.3 Å². The Balaban J connectivity index is 2.79. The highest BCUT2D eigenvalue weighted by atomic mass is 79.9. The van der Waals surface area contributed by atoms with Crippen LogP contribution in [0.1, 0.15) is 19.4 Å². The number of halogens is 1. The van der Waals surface area contributed by atoms with Crippen LogP contribution in [-0.4, -0.2) is 24.7 Å². The van der Waals surface area contributed by atoms with Crippen molar-refractivity contribution in [2.45, 2.75) is 20.4 Å². The highest BCUT2D eigenvalue weighted by Gasteiger charge is 2.11. The van der Waals surface area contributed by atoms with E-state index in [1.165, 1.54) is 0 Å². The first-order chi connectivity index (χ1) is 8.72. The van der Waals surface area contributed by atoms with Gasteiger partial charge in [0.15, 0.2) is 11.5 Å². The number of rotatable bonds is 8. The molecule has 0 aliphatic rings. The summed E-state index contributed by atoms with van der Waals surface area (Å²) in [7, 11) is 0. The Morgan fingerprint density at radius 3 is 2.67 bits per heavy atom. The lowest BCUT2D eigenvalue weighted by molar-refractivity contribution is 0.287. The van der Waals surface area contributed by atoms with Crippen LogP contribution in [0, 0.1) is 0 Å². The molecule has 0 fully saturated rings. The van der Waals surface area contributed by atoms with E-state index in [1.807, 2.05) is 30.8 Å². The Bertz CT molecular complexity index is 374. The molecule has 0 spiro atoms. The first-order valence-electron chi connectivity index (χ1n) is 6.08. The van der Waals surface area contributed by atoms with E-state index in [9.17, 15) is 0 Å². The summed E-state index contributed by atoms with van der Waals surface area (Å²) >= 11 is 5.37. The molecule has 1 aromatic carbocycles. The van der Waals surface area contributed by atoms with E-state index in [4.69, 9.17) is 15.2 Å². The Morgan fingerprint density at radius 1 is 1.28 bits per heavy atom. The van der Waals surface area contributed by atoms with Gasteiger partial charge in [-0.2, -0.15) is 11.8 Å². The summed E-state index contributed by atoms with van der Waals surface area (Å²) in [6.07, 6.45) is 0. The van der Waals surface area contributed by atoms with Crippen molar-refractivity contribution in [2.24, 2.45) is 5.73 Å². The Labute approximate surface area is 122 Å². The topological polar surface area (TPSA) is 44.5 Å². The van der Waals surface area contributed by atoms with E-state index in [0.717, 1.165) is 33.0 Å². The lowest BCUT2D eigenvalue weighted by Crippen LogP contribution is -2.05. The van der Waals surface area contributed by atoms with Crippen molar-refractivity contribution in [3.63, 3.8) is 0 Å². The molecule has 102 valence electrons. The van der Waals surface area contributed by atoms with Gasteiger partial charge in [-0.05, 0) is 46.3 Å². The van der Waals surface area contributed by atoms with Gasteiger partial charge in [0.1, 0.15) is 0 Å². The average Bonchev–Trinajstić information content (AvgIpc) is 2.37. The largest absolute Gasteiger partial charge is 0.490 e. The summed E-state index contributed by atoms with van der Waals surface area (Å²) < 4.78 is 12.3. The van der Waals surface area contributed by atoms with Crippen LogP contribution in [0.4, 0.5) is 0 Å². The second-order valence-electron chi connectivity index (χ2n) is 3.59. The molecule has 0 unspecified atom stereocenters. The van der Waals surface area contributed by atoms with Crippen LogP contribution in [0.2, 0.25) is 0 Å². The molecule has 0 radical (unpaired) electrons. The molecule has 0 aromatic heterocycles. The Morgan fingerprint density at radius 2 is 2.06 bits per heavy atom. The van der Waals surface area contributed by atoms with Crippen LogP contribution in [0.5, 0.6) is 11.5 Å². The number of hydrogen-bond acceptors (Lipinski definition) is 4. The molecule has 0 atom stereocenters. The lowest BCUT2D eigenvalue weighted by Gasteiger charge is -2.15. The van der Waals surface area contributed by atoms with E-state index in [-0.39, 0.29) is 0 Å². The molecular formula is C13H20BrNO2S. The minimum atomic E-state index is 0.491. The molecule has 0 saturated heterocycles. The summed E-state index contributed by atoms with van der Waals surface area (Å²) in [5.74, 6) is 3.61. The van der Waals surface area contributed by atoms with Gasteiger partial charge in [0.2, 0.25) is 0 Å². The average molecular weight is 334 g/mol. The minimum Gasteiger partial charge on any atom is -0.490 e. The molecular weight excluding hydrogens is 314 g/mol. The lowest BCUT2D eigenvalue weighted by atomic mass is 10.2. The van der Waals surface area contributed by atoms with Crippen molar-refractivity contribution in [2.75, 3.05) is 24.7 Å². The maximum absolute atomic E-state index is 5.79. The number of hydrogen-bond donors (Lipinski definition) is 1. The van der Waals surface area contributed by atoms with Crippen LogP contribution in [0.25, 0.3) is 0 Å². The molecule has 1 aromatic rings. The highest BCUT2D eigenvalue weighted by Crippen LogP contribution is 2.36. The summed E-state index contributed by atoms with van der Waals surface area (Å²) in [4.78, 5) is 0. The van der Waals surface area contributed by atoms with Gasteiger partial charge in [0.25, 0.3) is 0 Å². The van der Waals surface area contributed by atoms with Crippen molar-refractivity contribution in [1.29, 1.82) is 0 Å². The zero-order valence-electron chi connectivity index (χ0n) is 10.9. The molecule has 0 saturated carbocycles. The number of benzene rings is 1. The van der Waals surface area contributed by atoms with Gasteiger partial charge in [-0.3, -0.25) is 0 Å².